The van der Waals surface area contributed by atoms with Crippen LogP contribution in [0, 0.1) is 0 Å². The molecule has 2 aliphatic rings. The highest BCUT2D eigenvalue weighted by Crippen LogP contribution is 2.58. The van der Waals surface area contributed by atoms with Gasteiger partial charge in [-0.3, -0.25) is 37.6 Å². The van der Waals surface area contributed by atoms with Gasteiger partial charge < -0.3 is 63.2 Å². The molecule has 0 spiro atoms. The zero-order chi connectivity index (χ0) is 61.3. The van der Waals surface area contributed by atoms with Crippen LogP contribution in [0.5, 0.6) is 11.5 Å². The SMILES string of the molecule is COc1ccc(C(OC(C(C)=O)[C@H]2O[C@@H](n3ccc(N)nc3=O)C[C@@H]2OP(=O)(OCCOCCOCCO[C@@H]2O[C@H](COC(C)=O)[C@H](OC(C)=O)[C@H](OC(C)=O)[C@H]2NC(C)=O)N(C(C)C)C(C)C)(c2ccccc2)c2ccc(OC)cc2)cc1. The average molecular weight is 1200 g/mol. The van der Waals surface area contributed by atoms with E-state index in [2.05, 4.69) is 10.3 Å². The van der Waals surface area contributed by atoms with E-state index in [0.717, 1.165) is 13.8 Å². The number of hydrogen-bond acceptors (Lipinski definition) is 22. The molecule has 0 aliphatic carbocycles. The molecule has 0 saturated carbocycles. The third-order valence-electron chi connectivity index (χ3n) is 13.5. The number of anilines is 1. The highest BCUT2D eigenvalue weighted by molar-refractivity contribution is 7.51. The summed E-state index contributed by atoms with van der Waals surface area (Å²) in [6.07, 6.45) is -8.91. The molecule has 3 N–H and O–H groups in total. The van der Waals surface area contributed by atoms with E-state index in [0.29, 0.717) is 28.2 Å². The summed E-state index contributed by atoms with van der Waals surface area (Å²) in [6.45, 7) is 12.6. The first-order chi connectivity index (χ1) is 40.0. The minimum Gasteiger partial charge on any atom is -0.497 e. The van der Waals surface area contributed by atoms with Gasteiger partial charge in [0.2, 0.25) is 5.91 Å². The fourth-order valence-corrected chi connectivity index (χ4v) is 12.4. The van der Waals surface area contributed by atoms with Crippen LogP contribution in [0.1, 0.15) is 91.7 Å². The highest BCUT2D eigenvalue weighted by atomic mass is 31.2. The van der Waals surface area contributed by atoms with Gasteiger partial charge in [-0.05, 0) is 81.6 Å². The fourth-order valence-electron chi connectivity index (χ4n) is 10.1. The molecule has 2 fully saturated rings. The second-order valence-electron chi connectivity index (χ2n) is 20.3. The third kappa shape index (κ3) is 17.3. The molecule has 6 rings (SSSR count). The minimum absolute atomic E-state index is 0.0185. The molecule has 2 unspecified atom stereocenters. The number of benzene rings is 3. The van der Waals surface area contributed by atoms with Gasteiger partial charge in [-0.15, -0.1) is 0 Å². The maximum absolute atomic E-state index is 15.7. The molecule has 0 radical (unpaired) electrons. The van der Waals surface area contributed by atoms with Gasteiger partial charge in [-0.1, -0.05) is 54.6 Å². The van der Waals surface area contributed by atoms with Gasteiger partial charge in [-0.25, -0.2) is 14.0 Å². The van der Waals surface area contributed by atoms with E-state index < -0.39 is 123 Å². The molecule has 3 heterocycles. The number of rotatable bonds is 31. The Labute approximate surface area is 488 Å². The quantitative estimate of drug-likeness (QED) is 0.0209. The number of Topliss-reactive ketones (excluding diaryl/α,β-unsaturated/α-hetero) is 1. The smallest absolute Gasteiger partial charge is 0.409 e. The normalized spacial score (nSPS) is 21.8. The molecule has 2 aliphatic heterocycles. The fraction of sp³-hybridized carbons (Fsp3) is 0.534. The van der Waals surface area contributed by atoms with Crippen molar-refractivity contribution in [1.29, 1.82) is 0 Å². The van der Waals surface area contributed by atoms with Crippen LogP contribution in [-0.2, 0) is 85.8 Å². The number of esters is 3. The van der Waals surface area contributed by atoms with Crippen LogP contribution in [0.2, 0.25) is 0 Å². The third-order valence-corrected chi connectivity index (χ3v) is 16.0. The Bertz CT molecular complexity index is 2860. The van der Waals surface area contributed by atoms with Crippen molar-refractivity contribution in [3.63, 3.8) is 0 Å². The minimum atomic E-state index is -4.42. The number of hydrogen-bond donors (Lipinski definition) is 2. The van der Waals surface area contributed by atoms with Gasteiger partial charge in [0.1, 0.15) is 66.2 Å². The number of nitrogens with two attached hydrogens (primary N) is 1. The molecular weight excluding hydrogens is 1120 g/mol. The van der Waals surface area contributed by atoms with E-state index in [-0.39, 0.29) is 51.9 Å². The zero-order valence-electron chi connectivity index (χ0n) is 49.2. The van der Waals surface area contributed by atoms with Crippen molar-refractivity contribution >= 4 is 43.2 Å². The monoisotopic (exact) mass is 1200 g/mol. The molecule has 4 aromatic rings. The standard InChI is InChI=1S/C58H78N5O20P/c1-35(2)63(36(3)4)84(70,77-32-30-74-28-27-73-29-31-75-56-51(60-38(6)65)55(79-41(9)68)54(78-40(8)67)48(80-56)34-76-39(7)66)83-47-33-50(62-26-25-49(59)61-57(62)69)81-53(47)52(37(5)64)82-58(42-15-13-12-14-16-42,43-17-21-45(71-10)22-18-43)44-19-23-46(72-11)24-20-44/h12-26,35-36,47-48,50-56H,27-34H2,1-11H3,(H,60,65)(H2,59,61,69)/t47-,48+,50+,51+,52?,53-,54-,55+,56+,84?/m0/s1. The van der Waals surface area contributed by atoms with E-state index in [1.807, 2.05) is 82.3 Å². The lowest BCUT2D eigenvalue weighted by Gasteiger charge is -2.44. The number of nitrogens with one attached hydrogen (secondary N) is 1. The molecule has 0 bridgehead atoms. The molecule has 1 aromatic heterocycles. The lowest BCUT2D eigenvalue weighted by molar-refractivity contribution is -0.279. The summed E-state index contributed by atoms with van der Waals surface area (Å²) in [5.74, 6) is -2.03. The van der Waals surface area contributed by atoms with Gasteiger partial charge in [0.25, 0.3) is 0 Å². The highest BCUT2D eigenvalue weighted by Gasteiger charge is 2.54. The number of methoxy groups -OCH3 is 2. The van der Waals surface area contributed by atoms with Crippen LogP contribution in [0.25, 0.3) is 0 Å². The summed E-state index contributed by atoms with van der Waals surface area (Å²) in [7, 11) is -1.31. The van der Waals surface area contributed by atoms with Crippen LogP contribution < -0.4 is 26.2 Å². The van der Waals surface area contributed by atoms with Crippen molar-refractivity contribution in [3.05, 3.63) is 118 Å². The Morgan fingerprint density at radius 1 is 0.738 bits per heavy atom. The Kier molecular flexibility index (Phi) is 24.5. The second-order valence-corrected chi connectivity index (χ2v) is 22.2. The number of ether oxygens (including phenoxy) is 11. The number of amides is 1. The number of carbonyl (C=O) groups is 5. The molecule has 26 heteroatoms. The molecule has 84 heavy (non-hydrogen) atoms. The predicted octanol–water partition coefficient (Wildman–Crippen LogP) is 5.43. The van der Waals surface area contributed by atoms with Crippen molar-refractivity contribution in [1.82, 2.24) is 19.5 Å². The average Bonchev–Trinajstić information content (AvgIpc) is 1.39. The molecular formula is C58H78N5O20P. The first kappa shape index (κ1) is 66.5. The number of nitrogens with zero attached hydrogens (tertiary/aromatic N) is 3. The maximum Gasteiger partial charge on any atom is 0.409 e. The summed E-state index contributed by atoms with van der Waals surface area (Å²) < 4.78 is 96.6. The van der Waals surface area contributed by atoms with Crippen LogP contribution >= 0.6 is 7.75 Å². The first-order valence-electron chi connectivity index (χ1n) is 27.4. The Hall–Kier alpha value is -6.64. The second kappa shape index (κ2) is 31.0. The number of ketones is 1. The van der Waals surface area contributed by atoms with E-state index >= 15 is 4.57 Å². The zero-order valence-corrected chi connectivity index (χ0v) is 50.1. The van der Waals surface area contributed by atoms with E-state index in [9.17, 15) is 28.8 Å². The van der Waals surface area contributed by atoms with E-state index in [1.54, 1.807) is 43.2 Å². The van der Waals surface area contributed by atoms with Gasteiger partial charge in [0.05, 0.1) is 53.9 Å². The van der Waals surface area contributed by atoms with Crippen molar-refractivity contribution in [2.24, 2.45) is 0 Å². The molecule has 1 amide bonds. The van der Waals surface area contributed by atoms with Crippen molar-refractivity contribution in [3.8, 4) is 11.5 Å². The van der Waals surface area contributed by atoms with Gasteiger partial charge in [0, 0.05) is 52.4 Å². The first-order valence-corrected chi connectivity index (χ1v) is 28.9. The number of nitrogen functional groups attached to an aromatic ring is 1. The predicted molar refractivity (Wildman–Crippen MR) is 301 cm³/mol. The summed E-state index contributed by atoms with van der Waals surface area (Å²) in [6, 6.07) is 23.3. The topological polar surface area (TPSA) is 299 Å². The van der Waals surface area contributed by atoms with Gasteiger partial charge in [-0.2, -0.15) is 4.98 Å². The molecule has 25 nitrogen and oxygen atoms in total. The van der Waals surface area contributed by atoms with Crippen LogP contribution in [-0.4, -0.2) is 165 Å². The van der Waals surface area contributed by atoms with Crippen molar-refractivity contribution in [2.75, 3.05) is 66.2 Å². The summed E-state index contributed by atoms with van der Waals surface area (Å²) in [4.78, 5) is 80.4. The van der Waals surface area contributed by atoms with Crippen molar-refractivity contribution in [2.45, 2.75) is 142 Å². The van der Waals surface area contributed by atoms with E-state index in [4.69, 9.17) is 66.9 Å². The Balaban J connectivity index is 1.21. The summed E-state index contributed by atoms with van der Waals surface area (Å²) in [5.41, 5.74) is 5.50. The maximum atomic E-state index is 15.7. The number of carbonyl (C=O) groups excluding carboxylic acids is 5. The number of aromatic nitrogens is 2. The van der Waals surface area contributed by atoms with Crippen molar-refractivity contribution < 1.29 is 89.7 Å². The van der Waals surface area contributed by atoms with Crippen LogP contribution in [0.15, 0.2) is 95.9 Å². The largest absolute Gasteiger partial charge is 0.497 e. The lowest BCUT2D eigenvalue weighted by atomic mass is 9.79. The molecule has 460 valence electrons. The molecule has 10 atom stereocenters. The molecule has 3 aromatic carbocycles. The Morgan fingerprint density at radius 2 is 1.29 bits per heavy atom. The van der Waals surface area contributed by atoms with Crippen LogP contribution in [0.4, 0.5) is 5.82 Å². The Morgan fingerprint density at radius 3 is 1.80 bits per heavy atom. The van der Waals surface area contributed by atoms with Gasteiger partial charge >= 0.3 is 31.3 Å². The lowest BCUT2D eigenvalue weighted by Crippen LogP contribution is -2.66. The van der Waals surface area contributed by atoms with E-state index in [1.165, 1.54) is 37.6 Å². The summed E-state index contributed by atoms with van der Waals surface area (Å²) >= 11 is 0. The molecule has 2 saturated heterocycles. The van der Waals surface area contributed by atoms with Crippen LogP contribution in [0.3, 0.4) is 0 Å². The van der Waals surface area contributed by atoms with Gasteiger partial charge in [0.15, 0.2) is 24.3 Å². The summed E-state index contributed by atoms with van der Waals surface area (Å²) in [5, 5.41) is 2.64.